The first kappa shape index (κ1) is 62.9. The Kier molecular flexibility index (Phi) is 21.8. The zero-order valence-corrected chi connectivity index (χ0v) is 52.5. The highest BCUT2D eigenvalue weighted by Crippen LogP contribution is 2.48. The largest absolute Gasteiger partial charge is 0.458 e. The highest BCUT2D eigenvalue weighted by atomic mass is 79.9. The van der Waals surface area contributed by atoms with Gasteiger partial charge >= 0.3 is 5.97 Å². The zero-order valence-electron chi connectivity index (χ0n) is 48.9. The Bertz CT molecular complexity index is 2100. The van der Waals surface area contributed by atoms with Crippen LogP contribution in [0.15, 0.2) is 53.5 Å². The number of methoxy groups -OCH3 is 1. The van der Waals surface area contributed by atoms with Crippen LogP contribution in [0.4, 0.5) is 0 Å². The molecule has 1 aromatic carbocycles. The van der Waals surface area contributed by atoms with Crippen molar-refractivity contribution >= 4 is 44.8 Å². The van der Waals surface area contributed by atoms with Crippen LogP contribution in [-0.2, 0) is 56.3 Å². The molecule has 6 heterocycles. The second kappa shape index (κ2) is 26.7. The average molecular weight is 1180 g/mol. The van der Waals surface area contributed by atoms with E-state index in [2.05, 4.69) is 111 Å². The molecule has 14 nitrogen and oxygen atoms in total. The van der Waals surface area contributed by atoms with Crippen molar-refractivity contribution in [2.45, 2.75) is 279 Å². The molecule has 0 spiro atoms. The summed E-state index contributed by atoms with van der Waals surface area (Å²) in [5, 5.41) is 12.4. The van der Waals surface area contributed by atoms with Crippen molar-refractivity contribution in [3.05, 3.63) is 59.1 Å². The summed E-state index contributed by atoms with van der Waals surface area (Å²) < 4.78 is 75.7. The topological polar surface area (TPSA) is 156 Å². The van der Waals surface area contributed by atoms with Gasteiger partial charge in [-0.15, -0.1) is 0 Å². The van der Waals surface area contributed by atoms with Gasteiger partial charge in [0.25, 0.3) is 0 Å². The van der Waals surface area contributed by atoms with E-state index in [1.54, 1.807) is 19.2 Å². The molecule has 436 valence electrons. The standard InChI is InChI=1S/C60H97BrO14Si2/c1-16-46-53-55-57(71-46)56(74-51(73-53)27-25-42(30-37(3)61)69-58(64)39-21-18-17-19-22-39)54-47(72-55)26-24-43(68-54)31-40(63)32-45-49(34-48-38(4)36(2)29-41(67-48)23-20-28-62)70-50(52(45)65-11)33-44(75-77(14,15)60(8,9)10)35-66-76(12,13)59(5,6)7/h17-19,21-22,28,36,40-57,63H,3-4,16,20,23-27,29-35H2,1-2,5-15H3/t36?,40?,41?,42-,43?,44?,45?,46?,47?,48?,49-,50+,51?,52+,53?,54-,55-,56?,57?/m0/s1. The minimum Gasteiger partial charge on any atom is -0.458 e. The van der Waals surface area contributed by atoms with Gasteiger partial charge in [0.05, 0.1) is 73.2 Å². The van der Waals surface area contributed by atoms with Crippen molar-refractivity contribution < 1.29 is 66.2 Å². The minimum absolute atomic E-state index is 0.0209. The summed E-state index contributed by atoms with van der Waals surface area (Å²) in [7, 11) is -2.65. The number of fused-ring (bicyclic) bond motifs is 2. The number of rotatable bonds is 25. The number of hydrogen-bond acceptors (Lipinski definition) is 14. The molecule has 6 aliphatic heterocycles. The average Bonchev–Trinajstić information content (AvgIpc) is 3.88. The SMILES string of the molecule is C=C(Br)C[C@H](CCC1OC2C(CC)OC3C(O1)[C@H]1OC(CC(O)CC4[C@H](CC5OC(CCC=O)CC(C)C5=C)O[C@H](CC(CO[Si](C)(C)C(C)(C)C)O[Si](C)(C)C(C)(C)C)[C@@H]4OC)CCC1O[C@@H]23)OC(=O)c1ccccc1. The maximum absolute atomic E-state index is 13.2. The number of esters is 1. The molecule has 0 amide bonds. The number of carbonyl (C=O) groups excluding carboxylic acids is 2. The van der Waals surface area contributed by atoms with Crippen molar-refractivity contribution in [2.75, 3.05) is 13.7 Å². The van der Waals surface area contributed by atoms with Gasteiger partial charge in [-0.25, -0.2) is 4.79 Å². The Morgan fingerprint density at radius 1 is 0.818 bits per heavy atom. The Hall–Kier alpha value is -1.69. The van der Waals surface area contributed by atoms with Crippen LogP contribution >= 0.6 is 15.9 Å². The van der Waals surface area contributed by atoms with Gasteiger partial charge in [-0.3, -0.25) is 0 Å². The normalized spacial score (nSPS) is 34.9. The van der Waals surface area contributed by atoms with Gasteiger partial charge in [0, 0.05) is 45.1 Å². The highest BCUT2D eigenvalue weighted by Gasteiger charge is 2.61. The number of aldehydes is 1. The van der Waals surface area contributed by atoms with Gasteiger partial charge in [0.1, 0.15) is 42.9 Å². The highest BCUT2D eigenvalue weighted by molar-refractivity contribution is 9.11. The molecule has 13 unspecified atom stereocenters. The number of hydrogen-bond donors (Lipinski definition) is 1. The van der Waals surface area contributed by atoms with E-state index in [0.717, 1.165) is 35.6 Å². The summed E-state index contributed by atoms with van der Waals surface area (Å²) in [5.74, 6) is -0.361. The Morgan fingerprint density at radius 3 is 2.14 bits per heavy atom. The summed E-state index contributed by atoms with van der Waals surface area (Å²) in [5.41, 5.74) is 1.52. The molecule has 0 radical (unpaired) electrons. The lowest BCUT2D eigenvalue weighted by Crippen LogP contribution is -2.61. The molecule has 7 rings (SSSR count). The maximum atomic E-state index is 13.2. The number of carbonyl (C=O) groups is 2. The van der Waals surface area contributed by atoms with Gasteiger partial charge in [0.2, 0.25) is 0 Å². The lowest BCUT2D eigenvalue weighted by Gasteiger charge is -2.47. The Labute approximate surface area is 472 Å². The van der Waals surface area contributed by atoms with Crippen LogP contribution in [0.5, 0.6) is 0 Å². The van der Waals surface area contributed by atoms with Gasteiger partial charge in [-0.05, 0) is 116 Å². The first-order chi connectivity index (χ1) is 36.2. The van der Waals surface area contributed by atoms with E-state index in [9.17, 15) is 14.7 Å². The summed E-state index contributed by atoms with van der Waals surface area (Å²) in [4.78, 5) is 24.7. The fourth-order valence-corrected chi connectivity index (χ4v) is 14.8. The van der Waals surface area contributed by atoms with E-state index in [0.29, 0.717) is 76.4 Å². The third kappa shape index (κ3) is 15.7. The maximum Gasteiger partial charge on any atom is 0.338 e. The molecule has 6 aliphatic rings. The molecule has 0 aliphatic carbocycles. The minimum atomic E-state index is -2.26. The molecule has 0 saturated carbocycles. The number of aliphatic hydroxyl groups excluding tert-OH is 1. The van der Waals surface area contributed by atoms with Crippen molar-refractivity contribution in [3.63, 3.8) is 0 Å². The van der Waals surface area contributed by atoms with Crippen molar-refractivity contribution in [1.29, 1.82) is 0 Å². The van der Waals surface area contributed by atoms with Crippen LogP contribution in [0, 0.1) is 11.8 Å². The summed E-state index contributed by atoms with van der Waals surface area (Å²) in [6.45, 7) is 36.1. The fraction of sp³-hybridized carbons (Fsp3) is 0.800. The molecule has 19 atom stereocenters. The molecule has 17 heteroatoms. The summed E-state index contributed by atoms with van der Waals surface area (Å²) in [6, 6.07) is 9.00. The predicted octanol–water partition coefficient (Wildman–Crippen LogP) is 12.0. The first-order valence-electron chi connectivity index (χ1n) is 29.0. The number of aliphatic hydroxyl groups is 1. The zero-order chi connectivity index (χ0) is 56.2. The van der Waals surface area contributed by atoms with Crippen molar-refractivity contribution in [1.82, 2.24) is 0 Å². The van der Waals surface area contributed by atoms with Crippen molar-refractivity contribution in [2.24, 2.45) is 11.8 Å². The van der Waals surface area contributed by atoms with E-state index in [1.165, 1.54) is 0 Å². The van der Waals surface area contributed by atoms with Gasteiger partial charge in [-0.1, -0.05) is 103 Å². The number of halogens is 1. The Balaban J connectivity index is 1.08. The predicted molar refractivity (Wildman–Crippen MR) is 306 cm³/mol. The van der Waals surface area contributed by atoms with E-state index in [-0.39, 0.29) is 95.2 Å². The summed E-state index contributed by atoms with van der Waals surface area (Å²) >= 11 is 3.50. The molecule has 77 heavy (non-hydrogen) atoms. The quantitative estimate of drug-likeness (QED) is 0.0427. The monoisotopic (exact) mass is 1180 g/mol. The van der Waals surface area contributed by atoms with Crippen LogP contribution in [0.2, 0.25) is 36.3 Å². The number of benzene rings is 1. The number of ether oxygens (including phenoxy) is 9. The molecule has 0 aromatic heterocycles. The Morgan fingerprint density at radius 2 is 1.49 bits per heavy atom. The van der Waals surface area contributed by atoms with E-state index < -0.39 is 53.3 Å². The van der Waals surface area contributed by atoms with Crippen molar-refractivity contribution in [3.8, 4) is 0 Å². The van der Waals surface area contributed by atoms with Crippen LogP contribution < -0.4 is 0 Å². The lowest BCUT2D eigenvalue weighted by molar-refractivity contribution is -0.285. The van der Waals surface area contributed by atoms with Crippen LogP contribution in [-0.4, -0.2) is 152 Å². The second-order valence-corrected chi connectivity index (χ2v) is 36.9. The molecule has 6 fully saturated rings. The fourth-order valence-electron chi connectivity index (χ4n) is 12.0. The van der Waals surface area contributed by atoms with Gasteiger partial charge in [-0.2, -0.15) is 0 Å². The third-order valence-electron chi connectivity index (χ3n) is 18.5. The summed E-state index contributed by atoms with van der Waals surface area (Å²) in [6.07, 6.45) is 2.36. The van der Waals surface area contributed by atoms with Crippen LogP contribution in [0.1, 0.15) is 149 Å². The second-order valence-electron chi connectivity index (χ2n) is 26.3. The molecule has 4 bridgehead atoms. The van der Waals surface area contributed by atoms with E-state index >= 15 is 0 Å². The molecular weight excluding hydrogens is 1080 g/mol. The lowest BCUT2D eigenvalue weighted by atomic mass is 9.81. The van der Waals surface area contributed by atoms with Gasteiger partial charge < -0.3 is 61.4 Å². The third-order valence-corrected chi connectivity index (χ3v) is 27.9. The smallest absolute Gasteiger partial charge is 0.338 e. The van der Waals surface area contributed by atoms with Crippen LogP contribution in [0.3, 0.4) is 0 Å². The molecule has 1 N–H and O–H groups in total. The molecular formula is C60H97BrO14Si2. The van der Waals surface area contributed by atoms with E-state index in [4.69, 9.17) is 51.5 Å². The van der Waals surface area contributed by atoms with Crippen LogP contribution in [0.25, 0.3) is 0 Å². The first-order valence-corrected chi connectivity index (χ1v) is 35.7. The molecule has 6 saturated heterocycles. The molecule has 1 aromatic rings. The van der Waals surface area contributed by atoms with E-state index in [1.807, 2.05) is 18.2 Å². The van der Waals surface area contributed by atoms with Gasteiger partial charge in [0.15, 0.2) is 22.9 Å².